The fraction of sp³-hybridized carbons (Fsp3) is 0.500. The summed E-state index contributed by atoms with van der Waals surface area (Å²) < 4.78 is 2.27. The summed E-state index contributed by atoms with van der Waals surface area (Å²) in [6, 6.07) is 3.76. The topological polar surface area (TPSA) is 81.8 Å². The third-order valence-electron chi connectivity index (χ3n) is 3.37. The number of thiophene rings is 1. The Morgan fingerprint density at radius 1 is 1.55 bits per heavy atom. The van der Waals surface area contributed by atoms with E-state index in [0.29, 0.717) is 10.9 Å². The van der Waals surface area contributed by atoms with E-state index >= 15 is 0 Å². The summed E-state index contributed by atoms with van der Waals surface area (Å²) in [5.41, 5.74) is -0.401. The molecule has 1 saturated carbocycles. The van der Waals surface area contributed by atoms with Crippen LogP contribution in [-0.4, -0.2) is 31.7 Å². The molecule has 2 heterocycles. The normalized spacial score (nSPS) is 16.1. The van der Waals surface area contributed by atoms with Crippen LogP contribution in [0.15, 0.2) is 22.3 Å². The van der Waals surface area contributed by atoms with E-state index in [1.807, 2.05) is 18.4 Å². The Bertz CT molecular complexity index is 656. The van der Waals surface area contributed by atoms with Gasteiger partial charge in [-0.15, -0.1) is 11.3 Å². The molecule has 3 rings (SSSR count). The zero-order valence-corrected chi connectivity index (χ0v) is 11.8. The first kappa shape index (κ1) is 13.0. The predicted octanol–water partition coefficient (Wildman–Crippen LogP) is 0.405. The molecule has 1 fully saturated rings. The highest BCUT2D eigenvalue weighted by Gasteiger charge is 2.29. The lowest BCUT2D eigenvalue weighted by Gasteiger charge is -2.11. The van der Waals surface area contributed by atoms with Gasteiger partial charge in [-0.2, -0.15) is 9.36 Å². The van der Waals surface area contributed by atoms with E-state index in [-0.39, 0.29) is 18.5 Å². The first-order valence-corrected chi connectivity index (χ1v) is 7.39. The summed E-state index contributed by atoms with van der Waals surface area (Å²) in [7, 11) is 0. The van der Waals surface area contributed by atoms with E-state index < -0.39 is 5.69 Å². The number of rotatable bonds is 5. The van der Waals surface area contributed by atoms with Gasteiger partial charge in [0.25, 0.3) is 0 Å². The minimum absolute atomic E-state index is 0.0960. The fourth-order valence-electron chi connectivity index (χ4n) is 2.05. The van der Waals surface area contributed by atoms with Gasteiger partial charge in [-0.3, -0.25) is 4.79 Å². The average Bonchev–Trinajstić information content (AvgIpc) is 3.03. The lowest BCUT2D eigenvalue weighted by Crippen LogP contribution is -2.38. The largest absolute Gasteiger partial charge is 0.369 e. The standard InChI is InChI=1S/C12H15N5O2S/c1-8(9-4-5-9)13-10(18)7-16-12(19)17(15-14-16)11-3-2-6-20-11/h2-3,6,8-9H,4-5,7H2,1H3,(H,13,18)/t8-/m0/s1. The van der Waals surface area contributed by atoms with Crippen LogP contribution in [0, 0.1) is 5.92 Å². The molecule has 7 nitrogen and oxygen atoms in total. The summed E-state index contributed by atoms with van der Waals surface area (Å²) in [5.74, 6) is 0.377. The van der Waals surface area contributed by atoms with Gasteiger partial charge in [0, 0.05) is 6.04 Å². The second-order valence-corrected chi connectivity index (χ2v) is 5.90. The van der Waals surface area contributed by atoms with Gasteiger partial charge in [0.15, 0.2) is 0 Å². The highest BCUT2D eigenvalue weighted by Crippen LogP contribution is 2.32. The molecule has 1 atom stereocenters. The third kappa shape index (κ3) is 2.64. The van der Waals surface area contributed by atoms with Gasteiger partial charge in [-0.05, 0) is 53.6 Å². The number of nitrogens with one attached hydrogen (secondary N) is 1. The molecule has 0 saturated heterocycles. The zero-order valence-electron chi connectivity index (χ0n) is 11.0. The van der Waals surface area contributed by atoms with Crippen molar-refractivity contribution < 1.29 is 4.79 Å². The maximum absolute atomic E-state index is 12.1. The van der Waals surface area contributed by atoms with Crippen molar-refractivity contribution in [2.75, 3.05) is 0 Å². The van der Waals surface area contributed by atoms with E-state index in [1.165, 1.54) is 16.0 Å². The van der Waals surface area contributed by atoms with E-state index in [9.17, 15) is 9.59 Å². The molecule has 1 aliphatic carbocycles. The third-order valence-corrected chi connectivity index (χ3v) is 4.21. The Labute approximate surface area is 119 Å². The van der Waals surface area contributed by atoms with E-state index in [2.05, 4.69) is 15.7 Å². The molecule has 0 aliphatic heterocycles. The average molecular weight is 293 g/mol. The molecule has 1 N–H and O–H groups in total. The summed E-state index contributed by atoms with van der Waals surface area (Å²) in [6.07, 6.45) is 2.33. The van der Waals surface area contributed by atoms with Gasteiger partial charge in [-0.25, -0.2) is 4.79 Å². The van der Waals surface area contributed by atoms with Gasteiger partial charge < -0.3 is 5.32 Å². The van der Waals surface area contributed by atoms with Crippen LogP contribution in [0.5, 0.6) is 0 Å². The van der Waals surface area contributed by atoms with Crippen LogP contribution in [0.3, 0.4) is 0 Å². The summed E-state index contributed by atoms with van der Waals surface area (Å²) >= 11 is 1.39. The molecule has 0 bridgehead atoms. The van der Waals surface area contributed by atoms with Crippen molar-refractivity contribution >= 4 is 17.2 Å². The van der Waals surface area contributed by atoms with E-state index in [1.54, 1.807) is 6.07 Å². The van der Waals surface area contributed by atoms with E-state index in [0.717, 1.165) is 17.5 Å². The minimum Gasteiger partial charge on any atom is -0.352 e. The molecule has 0 radical (unpaired) electrons. The number of carbonyl (C=O) groups excluding carboxylic acids is 1. The van der Waals surface area contributed by atoms with Gasteiger partial charge in [0.1, 0.15) is 11.5 Å². The SMILES string of the molecule is C[C@H](NC(=O)Cn1nnn(-c2cccs2)c1=O)C1CC1. The van der Waals surface area contributed by atoms with Crippen LogP contribution in [0.25, 0.3) is 5.00 Å². The molecule has 1 amide bonds. The maximum Gasteiger partial charge on any atom is 0.369 e. The van der Waals surface area contributed by atoms with Gasteiger partial charge >= 0.3 is 5.69 Å². The molecule has 2 aromatic rings. The van der Waals surface area contributed by atoms with Crippen molar-refractivity contribution in [2.24, 2.45) is 5.92 Å². The van der Waals surface area contributed by atoms with Crippen LogP contribution < -0.4 is 11.0 Å². The number of carbonyl (C=O) groups is 1. The maximum atomic E-state index is 12.1. The Morgan fingerprint density at radius 3 is 3.00 bits per heavy atom. The molecule has 106 valence electrons. The van der Waals surface area contributed by atoms with Crippen LogP contribution in [-0.2, 0) is 11.3 Å². The molecule has 1 aliphatic rings. The molecule has 0 aromatic carbocycles. The summed E-state index contributed by atoms with van der Waals surface area (Å²) in [6.45, 7) is 1.89. The second kappa shape index (κ2) is 5.20. The Hall–Kier alpha value is -1.96. The number of hydrogen-bond donors (Lipinski definition) is 1. The molecule has 0 unspecified atom stereocenters. The molecule has 0 spiro atoms. The van der Waals surface area contributed by atoms with Gasteiger partial charge in [-0.1, -0.05) is 0 Å². The Morgan fingerprint density at radius 2 is 2.35 bits per heavy atom. The zero-order chi connectivity index (χ0) is 14.1. The van der Waals surface area contributed by atoms with Crippen molar-refractivity contribution in [3.05, 3.63) is 28.0 Å². The molecule has 2 aromatic heterocycles. The Balaban J connectivity index is 1.69. The lowest BCUT2D eigenvalue weighted by atomic mass is 10.2. The fourth-order valence-corrected chi connectivity index (χ4v) is 2.72. The molecular formula is C12H15N5O2S. The number of tetrazole rings is 1. The first-order valence-electron chi connectivity index (χ1n) is 6.51. The number of nitrogens with zero attached hydrogens (tertiary/aromatic N) is 4. The van der Waals surface area contributed by atoms with Crippen molar-refractivity contribution in [2.45, 2.75) is 32.4 Å². The summed E-state index contributed by atoms with van der Waals surface area (Å²) in [4.78, 5) is 23.9. The van der Waals surface area contributed by atoms with Crippen LogP contribution >= 0.6 is 11.3 Å². The van der Waals surface area contributed by atoms with Crippen LogP contribution in [0.1, 0.15) is 19.8 Å². The van der Waals surface area contributed by atoms with Gasteiger partial charge in [0.2, 0.25) is 5.91 Å². The molecule has 8 heteroatoms. The number of amides is 1. The van der Waals surface area contributed by atoms with Crippen LogP contribution in [0.4, 0.5) is 0 Å². The van der Waals surface area contributed by atoms with Crippen LogP contribution in [0.2, 0.25) is 0 Å². The molecular weight excluding hydrogens is 278 g/mol. The van der Waals surface area contributed by atoms with Crippen molar-refractivity contribution in [3.63, 3.8) is 0 Å². The predicted molar refractivity (Wildman–Crippen MR) is 73.8 cm³/mol. The smallest absolute Gasteiger partial charge is 0.352 e. The molecule has 20 heavy (non-hydrogen) atoms. The highest BCUT2D eigenvalue weighted by atomic mass is 32.1. The number of hydrogen-bond acceptors (Lipinski definition) is 5. The monoisotopic (exact) mass is 293 g/mol. The van der Waals surface area contributed by atoms with Crippen molar-refractivity contribution in [1.82, 2.24) is 25.1 Å². The number of aromatic nitrogens is 4. The quantitative estimate of drug-likeness (QED) is 0.865. The first-order chi connectivity index (χ1) is 9.65. The minimum atomic E-state index is -0.401. The van der Waals surface area contributed by atoms with Crippen molar-refractivity contribution in [1.29, 1.82) is 0 Å². The van der Waals surface area contributed by atoms with E-state index in [4.69, 9.17) is 0 Å². The highest BCUT2D eigenvalue weighted by molar-refractivity contribution is 7.12. The van der Waals surface area contributed by atoms with Gasteiger partial charge in [0.05, 0.1) is 0 Å². The summed E-state index contributed by atoms with van der Waals surface area (Å²) in [5, 5.41) is 13.0. The lowest BCUT2D eigenvalue weighted by molar-refractivity contribution is -0.122. The van der Waals surface area contributed by atoms with Crippen molar-refractivity contribution in [3.8, 4) is 5.00 Å². The Kier molecular flexibility index (Phi) is 3.39. The second-order valence-electron chi connectivity index (χ2n) is 4.98.